The SMILES string of the molecule is O=C1CCC(=O)N1CCOc1ccc(CNC2CCc3cc(F)c(Cl)cc32)cc1F. The largest absolute Gasteiger partial charge is 0.489 e. The van der Waals surface area contributed by atoms with Gasteiger partial charge in [0.2, 0.25) is 11.8 Å². The maximum atomic E-state index is 14.4. The summed E-state index contributed by atoms with van der Waals surface area (Å²) in [5.41, 5.74) is 2.67. The molecule has 158 valence electrons. The minimum Gasteiger partial charge on any atom is -0.489 e. The van der Waals surface area contributed by atoms with E-state index in [2.05, 4.69) is 5.32 Å². The number of imide groups is 1. The molecule has 1 atom stereocenters. The Hall–Kier alpha value is -2.51. The summed E-state index contributed by atoms with van der Waals surface area (Å²) < 4.78 is 33.4. The van der Waals surface area contributed by atoms with Gasteiger partial charge in [-0.3, -0.25) is 14.5 Å². The number of carbonyl (C=O) groups excluding carboxylic acids is 2. The molecule has 1 fully saturated rings. The topological polar surface area (TPSA) is 58.6 Å². The predicted octanol–water partition coefficient (Wildman–Crippen LogP) is 3.92. The van der Waals surface area contributed by atoms with Gasteiger partial charge in [0, 0.05) is 25.4 Å². The maximum absolute atomic E-state index is 14.4. The molecule has 2 amide bonds. The van der Waals surface area contributed by atoms with E-state index in [1.165, 1.54) is 18.2 Å². The van der Waals surface area contributed by atoms with Crippen molar-refractivity contribution in [2.45, 2.75) is 38.3 Å². The number of aryl methyl sites for hydroxylation is 1. The summed E-state index contributed by atoms with van der Waals surface area (Å²) in [5, 5.41) is 3.47. The minimum atomic E-state index is -0.509. The van der Waals surface area contributed by atoms with Crippen LogP contribution in [0.1, 0.15) is 42.0 Å². The summed E-state index contributed by atoms with van der Waals surface area (Å²) in [7, 11) is 0. The zero-order valence-electron chi connectivity index (χ0n) is 16.2. The van der Waals surface area contributed by atoms with Gasteiger partial charge in [-0.2, -0.15) is 0 Å². The van der Waals surface area contributed by atoms with Crippen molar-refractivity contribution in [2.75, 3.05) is 13.2 Å². The van der Waals surface area contributed by atoms with E-state index >= 15 is 0 Å². The summed E-state index contributed by atoms with van der Waals surface area (Å²) in [6, 6.07) is 7.85. The number of ether oxygens (including phenoxy) is 1. The van der Waals surface area contributed by atoms with E-state index in [1.807, 2.05) is 0 Å². The van der Waals surface area contributed by atoms with Gasteiger partial charge in [-0.05, 0) is 53.8 Å². The summed E-state index contributed by atoms with van der Waals surface area (Å²) in [4.78, 5) is 24.3. The second kappa shape index (κ2) is 8.70. The molecule has 0 radical (unpaired) electrons. The van der Waals surface area contributed by atoms with Crippen molar-refractivity contribution in [2.24, 2.45) is 0 Å². The van der Waals surface area contributed by atoms with Gasteiger partial charge in [0.1, 0.15) is 12.4 Å². The van der Waals surface area contributed by atoms with E-state index in [1.54, 1.807) is 12.1 Å². The van der Waals surface area contributed by atoms with Gasteiger partial charge in [0.05, 0.1) is 11.6 Å². The van der Waals surface area contributed by atoms with Crippen LogP contribution in [0.4, 0.5) is 8.78 Å². The molecule has 30 heavy (non-hydrogen) atoms. The lowest BCUT2D eigenvalue weighted by atomic mass is 10.1. The highest BCUT2D eigenvalue weighted by molar-refractivity contribution is 6.30. The molecule has 0 bridgehead atoms. The van der Waals surface area contributed by atoms with Gasteiger partial charge >= 0.3 is 0 Å². The van der Waals surface area contributed by atoms with Crippen molar-refractivity contribution in [1.29, 1.82) is 0 Å². The smallest absolute Gasteiger partial charge is 0.229 e. The van der Waals surface area contributed by atoms with Crippen LogP contribution in [0.5, 0.6) is 5.75 Å². The molecule has 1 aliphatic heterocycles. The summed E-state index contributed by atoms with van der Waals surface area (Å²) in [5.74, 6) is -1.28. The third-order valence-electron chi connectivity index (χ3n) is 5.54. The molecule has 1 N–H and O–H groups in total. The van der Waals surface area contributed by atoms with Crippen molar-refractivity contribution in [1.82, 2.24) is 10.2 Å². The van der Waals surface area contributed by atoms with Crippen molar-refractivity contribution in [3.8, 4) is 5.75 Å². The average molecular weight is 435 g/mol. The summed E-state index contributed by atoms with van der Waals surface area (Å²) in [6.45, 7) is 0.597. The normalized spacial score (nSPS) is 18.2. The lowest BCUT2D eigenvalue weighted by Gasteiger charge is -2.16. The molecular weight excluding hydrogens is 414 g/mol. The fraction of sp³-hybridized carbons (Fsp3) is 0.364. The quantitative estimate of drug-likeness (QED) is 0.671. The van der Waals surface area contributed by atoms with Crippen LogP contribution in [0, 0.1) is 11.6 Å². The van der Waals surface area contributed by atoms with E-state index in [4.69, 9.17) is 16.3 Å². The lowest BCUT2D eigenvalue weighted by Crippen LogP contribution is -2.33. The van der Waals surface area contributed by atoms with Crippen molar-refractivity contribution in [3.05, 3.63) is 63.7 Å². The molecular formula is C22H21ClF2N2O3. The standard InChI is InChI=1S/C22H21ClF2N2O3/c23-16-11-15-14(10-17(16)24)2-3-19(15)26-12-13-1-4-20(18(25)9-13)30-8-7-27-21(28)5-6-22(27)29/h1,4,9-11,19,26H,2-3,5-8,12H2. The number of benzene rings is 2. The molecule has 1 saturated heterocycles. The molecule has 5 nitrogen and oxygen atoms in total. The number of nitrogens with one attached hydrogen (secondary N) is 1. The maximum Gasteiger partial charge on any atom is 0.229 e. The first-order chi connectivity index (χ1) is 14.4. The Kier molecular flexibility index (Phi) is 6.01. The first-order valence-corrected chi connectivity index (χ1v) is 10.3. The Morgan fingerprint density at radius 1 is 1.07 bits per heavy atom. The first-order valence-electron chi connectivity index (χ1n) is 9.88. The van der Waals surface area contributed by atoms with Gasteiger partial charge in [-0.25, -0.2) is 8.78 Å². The van der Waals surface area contributed by atoms with Crippen LogP contribution in [-0.2, 0) is 22.6 Å². The second-order valence-corrected chi connectivity index (χ2v) is 7.90. The van der Waals surface area contributed by atoms with Gasteiger partial charge in [-0.1, -0.05) is 17.7 Å². The Bertz CT molecular complexity index is 983. The fourth-order valence-electron chi connectivity index (χ4n) is 3.94. The van der Waals surface area contributed by atoms with Crippen LogP contribution in [0.2, 0.25) is 5.02 Å². The zero-order valence-corrected chi connectivity index (χ0v) is 17.0. The monoisotopic (exact) mass is 434 g/mol. The lowest BCUT2D eigenvalue weighted by molar-refractivity contribution is -0.138. The third-order valence-corrected chi connectivity index (χ3v) is 5.83. The Balaban J connectivity index is 1.32. The highest BCUT2D eigenvalue weighted by Gasteiger charge is 2.28. The van der Waals surface area contributed by atoms with Crippen LogP contribution in [0.25, 0.3) is 0 Å². The van der Waals surface area contributed by atoms with Gasteiger partial charge in [0.15, 0.2) is 11.6 Å². The number of amides is 2. The molecule has 1 aliphatic carbocycles. The van der Waals surface area contributed by atoms with E-state index in [0.717, 1.165) is 34.4 Å². The number of carbonyl (C=O) groups is 2. The van der Waals surface area contributed by atoms with E-state index in [0.29, 0.717) is 6.54 Å². The minimum absolute atomic E-state index is 0.0348. The molecule has 0 saturated carbocycles. The molecule has 8 heteroatoms. The number of hydrogen-bond donors (Lipinski definition) is 1. The predicted molar refractivity (Wildman–Crippen MR) is 107 cm³/mol. The van der Waals surface area contributed by atoms with Crippen molar-refractivity contribution >= 4 is 23.4 Å². The van der Waals surface area contributed by atoms with E-state index < -0.39 is 11.6 Å². The zero-order chi connectivity index (χ0) is 21.3. The van der Waals surface area contributed by atoms with Gasteiger partial charge < -0.3 is 10.1 Å². The molecule has 0 spiro atoms. The summed E-state index contributed by atoms with van der Waals surface area (Å²) >= 11 is 5.91. The molecule has 1 unspecified atom stereocenters. The third kappa shape index (κ3) is 4.32. The number of likely N-dealkylation sites (tertiary alicyclic amines) is 1. The molecule has 2 aliphatic rings. The van der Waals surface area contributed by atoms with Crippen LogP contribution in [0.3, 0.4) is 0 Å². The number of halogens is 3. The molecule has 1 heterocycles. The highest BCUT2D eigenvalue weighted by Crippen LogP contribution is 2.34. The van der Waals surface area contributed by atoms with Crippen molar-refractivity contribution < 1.29 is 23.1 Å². The number of nitrogens with zero attached hydrogens (tertiary/aromatic N) is 1. The van der Waals surface area contributed by atoms with Crippen LogP contribution in [-0.4, -0.2) is 29.9 Å². The average Bonchev–Trinajstić information content (AvgIpc) is 3.25. The van der Waals surface area contributed by atoms with Gasteiger partial charge in [0.25, 0.3) is 0 Å². The number of hydrogen-bond acceptors (Lipinski definition) is 4. The fourth-order valence-corrected chi connectivity index (χ4v) is 4.12. The highest BCUT2D eigenvalue weighted by atomic mass is 35.5. The van der Waals surface area contributed by atoms with Gasteiger partial charge in [-0.15, -0.1) is 0 Å². The Morgan fingerprint density at radius 2 is 1.83 bits per heavy atom. The summed E-state index contributed by atoms with van der Waals surface area (Å²) in [6.07, 6.45) is 2.04. The van der Waals surface area contributed by atoms with Crippen molar-refractivity contribution in [3.63, 3.8) is 0 Å². The number of fused-ring (bicyclic) bond motifs is 1. The Morgan fingerprint density at radius 3 is 2.57 bits per heavy atom. The van der Waals surface area contributed by atoms with Crippen LogP contribution < -0.4 is 10.1 Å². The van der Waals surface area contributed by atoms with Crippen LogP contribution in [0.15, 0.2) is 30.3 Å². The van der Waals surface area contributed by atoms with E-state index in [9.17, 15) is 18.4 Å². The second-order valence-electron chi connectivity index (χ2n) is 7.49. The Labute approximate surface area is 178 Å². The number of rotatable bonds is 7. The molecule has 4 rings (SSSR count). The van der Waals surface area contributed by atoms with Crippen LogP contribution >= 0.6 is 11.6 Å². The molecule has 0 aromatic heterocycles. The first kappa shape index (κ1) is 20.8. The molecule has 2 aromatic carbocycles. The molecule has 2 aromatic rings. The van der Waals surface area contributed by atoms with E-state index in [-0.39, 0.29) is 54.6 Å².